The summed E-state index contributed by atoms with van der Waals surface area (Å²) in [5.74, 6) is -1.13. The van der Waals surface area contributed by atoms with Crippen LogP contribution in [-0.4, -0.2) is 37.8 Å². The van der Waals surface area contributed by atoms with E-state index in [1.807, 2.05) is 4.72 Å². The second kappa shape index (κ2) is 14.3. The van der Waals surface area contributed by atoms with Gasteiger partial charge in [-0.15, -0.1) is 0 Å². The molecule has 17 heteroatoms. The number of nitrogens with one attached hydrogen (secondary N) is 1. The molecule has 0 aliphatic heterocycles. The highest BCUT2D eigenvalue weighted by molar-refractivity contribution is 7.90. The number of nitro benzene ring substituents is 2. The summed E-state index contributed by atoms with van der Waals surface area (Å²) in [4.78, 5) is 40.2. The monoisotopic (exact) mass is 580 g/mol. The lowest BCUT2D eigenvalue weighted by Gasteiger charge is -2.08. The van der Waals surface area contributed by atoms with Crippen LogP contribution in [0.2, 0.25) is 0 Å². The molecule has 0 unspecified atom stereocenters. The number of carbonyl (C=O) groups excluding carboxylic acids is 2. The molecule has 1 amide bonds. The third-order valence-electron chi connectivity index (χ3n) is 3.95. The van der Waals surface area contributed by atoms with Crippen molar-refractivity contribution in [3.8, 4) is 0 Å². The quantitative estimate of drug-likeness (QED) is 0.276. The van der Waals surface area contributed by atoms with Crippen molar-refractivity contribution in [2.24, 2.45) is 17.0 Å². The maximum absolute atomic E-state index is 11.7. The molecule has 0 heterocycles. The van der Waals surface area contributed by atoms with Gasteiger partial charge in [0.05, 0.1) is 19.6 Å². The van der Waals surface area contributed by atoms with Crippen LogP contribution in [0.1, 0.15) is 27.7 Å². The van der Waals surface area contributed by atoms with E-state index in [9.17, 15) is 46.7 Å². The zero-order valence-electron chi connectivity index (χ0n) is 20.0. The number of sulfonamides is 2. The average molecular weight is 581 g/mol. The summed E-state index contributed by atoms with van der Waals surface area (Å²) in [6.07, 6.45) is 0. The smallest absolute Gasteiger partial charge is 0.269 e. The Bertz CT molecular complexity index is 1330. The molecule has 2 aromatic carbocycles. The number of primary sulfonamides is 1. The second-order valence-electron chi connectivity index (χ2n) is 7.63. The normalized spacial score (nSPS) is 10.9. The Morgan fingerprint density at radius 3 is 1.35 bits per heavy atom. The van der Waals surface area contributed by atoms with E-state index in [4.69, 9.17) is 16.7 Å². The summed E-state index contributed by atoms with van der Waals surface area (Å²) in [5, 5.41) is 25.1. The summed E-state index contributed by atoms with van der Waals surface area (Å²) >= 11 is 4.97. The summed E-state index contributed by atoms with van der Waals surface area (Å²) in [6, 6.07) is 8.63. The molecule has 0 aliphatic rings. The van der Waals surface area contributed by atoms with Crippen LogP contribution < -0.4 is 9.86 Å². The van der Waals surface area contributed by atoms with Gasteiger partial charge in [-0.05, 0) is 35.9 Å². The fourth-order valence-corrected chi connectivity index (χ4v) is 3.44. The topological polar surface area (TPSA) is 227 Å². The number of hydrogen-bond acceptors (Lipinski definition) is 10. The van der Waals surface area contributed by atoms with E-state index in [1.165, 1.54) is 0 Å². The predicted octanol–water partition coefficient (Wildman–Crippen LogP) is 2.71. The van der Waals surface area contributed by atoms with Crippen LogP contribution in [0.15, 0.2) is 58.3 Å². The molecule has 3 N–H and O–H groups in total. The largest absolute Gasteiger partial charge is 0.281 e. The first-order chi connectivity index (χ1) is 16.8. The van der Waals surface area contributed by atoms with Crippen LogP contribution in [0, 0.1) is 32.1 Å². The molecule has 0 fully saturated rings. The van der Waals surface area contributed by atoms with Gasteiger partial charge >= 0.3 is 0 Å². The van der Waals surface area contributed by atoms with E-state index in [0.717, 1.165) is 48.5 Å². The second-order valence-corrected chi connectivity index (χ2v) is 11.2. The molecule has 37 heavy (non-hydrogen) atoms. The fraction of sp³-hybridized carbons (Fsp3) is 0.300. The standard InChI is InChI=1S/C10H12N2O5S.C6H6N2O4S.C4H7ClO/c1-7(2)10(13)11-18(16,17)9-5-3-8(4-6-9)12(14)15;7-13(11,12)6-3-1-5(2-4-6)8(9)10;1-3(2)4(5)6/h3-7H,1-2H3,(H,11,13);1-4H,(H2,7,11,12);3H,1-2H3. The number of amides is 1. The van der Waals surface area contributed by atoms with Gasteiger partial charge in [-0.25, -0.2) is 26.7 Å². The van der Waals surface area contributed by atoms with Crippen molar-refractivity contribution in [1.29, 1.82) is 0 Å². The van der Waals surface area contributed by atoms with Crippen molar-refractivity contribution < 1.29 is 36.3 Å². The molecule has 0 spiro atoms. The molecule has 14 nitrogen and oxygen atoms in total. The van der Waals surface area contributed by atoms with Crippen LogP contribution in [0.4, 0.5) is 11.4 Å². The zero-order valence-corrected chi connectivity index (χ0v) is 22.4. The van der Waals surface area contributed by atoms with Gasteiger partial charge in [-0.1, -0.05) is 27.7 Å². The van der Waals surface area contributed by atoms with Crippen LogP contribution in [0.3, 0.4) is 0 Å². The summed E-state index contributed by atoms with van der Waals surface area (Å²) in [5.41, 5.74) is -0.392. The van der Waals surface area contributed by atoms with Crippen LogP contribution in [-0.2, 0) is 29.6 Å². The Kier molecular flexibility index (Phi) is 13.0. The van der Waals surface area contributed by atoms with Gasteiger partial charge in [0.1, 0.15) is 0 Å². The van der Waals surface area contributed by atoms with Crippen molar-refractivity contribution in [2.75, 3.05) is 0 Å². The van der Waals surface area contributed by atoms with Crippen molar-refractivity contribution in [3.63, 3.8) is 0 Å². The van der Waals surface area contributed by atoms with Crippen molar-refractivity contribution in [2.45, 2.75) is 37.5 Å². The molecule has 0 aromatic heterocycles. The lowest BCUT2D eigenvalue weighted by Crippen LogP contribution is -2.33. The highest BCUT2D eigenvalue weighted by Crippen LogP contribution is 2.16. The number of rotatable bonds is 7. The molecule has 0 radical (unpaired) electrons. The number of nitrogens with two attached hydrogens (primary N) is 1. The van der Waals surface area contributed by atoms with E-state index >= 15 is 0 Å². The van der Waals surface area contributed by atoms with Crippen LogP contribution >= 0.6 is 11.6 Å². The van der Waals surface area contributed by atoms with Crippen molar-refractivity contribution >= 4 is 54.2 Å². The molecule has 0 saturated heterocycles. The number of carbonyl (C=O) groups is 2. The molecule has 2 aromatic rings. The summed E-state index contributed by atoms with van der Waals surface area (Å²) in [7, 11) is -7.74. The molecular formula is C20H25ClN4O10S2. The molecule has 2 rings (SSSR count). The number of nitro groups is 2. The van der Waals surface area contributed by atoms with Gasteiger partial charge in [-0.2, -0.15) is 0 Å². The SMILES string of the molecule is CC(C)C(=O)Cl.CC(C)C(=O)NS(=O)(=O)c1ccc([N+](=O)[O-])cc1.NS(=O)(=O)c1ccc([N+](=O)[O-])cc1. The van der Waals surface area contributed by atoms with E-state index in [2.05, 4.69) is 0 Å². The first-order valence-electron chi connectivity index (χ1n) is 10.1. The first-order valence-corrected chi connectivity index (χ1v) is 13.5. The molecule has 0 bridgehead atoms. The highest BCUT2D eigenvalue weighted by Gasteiger charge is 2.20. The molecule has 0 saturated carbocycles. The third kappa shape index (κ3) is 12.4. The van der Waals surface area contributed by atoms with E-state index < -0.39 is 41.7 Å². The van der Waals surface area contributed by atoms with Crippen molar-refractivity contribution in [3.05, 3.63) is 68.8 Å². The summed E-state index contributed by atoms with van der Waals surface area (Å²) in [6.45, 7) is 6.63. The lowest BCUT2D eigenvalue weighted by molar-refractivity contribution is -0.385. The van der Waals surface area contributed by atoms with E-state index in [0.29, 0.717) is 0 Å². The maximum atomic E-state index is 11.7. The van der Waals surface area contributed by atoms with Crippen LogP contribution in [0.5, 0.6) is 0 Å². The number of nitrogens with zero attached hydrogens (tertiary/aromatic N) is 2. The maximum Gasteiger partial charge on any atom is 0.269 e. The van der Waals surface area contributed by atoms with Gasteiger partial charge in [0.2, 0.25) is 21.2 Å². The first kappa shape index (κ1) is 33.5. The lowest BCUT2D eigenvalue weighted by atomic mass is 10.2. The Hall–Kier alpha value is -3.47. The average Bonchev–Trinajstić information content (AvgIpc) is 2.79. The predicted molar refractivity (Wildman–Crippen MR) is 133 cm³/mol. The zero-order chi connectivity index (χ0) is 29.1. The number of benzene rings is 2. The Labute approximate surface area is 218 Å². The minimum Gasteiger partial charge on any atom is -0.281 e. The number of non-ortho nitro benzene ring substituents is 2. The Morgan fingerprint density at radius 2 is 1.11 bits per heavy atom. The van der Waals surface area contributed by atoms with E-state index in [1.54, 1.807) is 27.7 Å². The van der Waals surface area contributed by atoms with Gasteiger partial charge in [0, 0.05) is 36.1 Å². The van der Waals surface area contributed by atoms with Crippen LogP contribution in [0.25, 0.3) is 0 Å². The molecule has 204 valence electrons. The fourth-order valence-electron chi connectivity index (χ4n) is 1.81. The van der Waals surface area contributed by atoms with Gasteiger partial charge in [0.25, 0.3) is 21.4 Å². The minimum atomic E-state index is -3.97. The third-order valence-corrected chi connectivity index (χ3v) is 6.68. The Balaban J connectivity index is 0.000000594. The number of hydrogen-bond donors (Lipinski definition) is 2. The molecular weight excluding hydrogens is 556 g/mol. The number of halogens is 1. The summed E-state index contributed by atoms with van der Waals surface area (Å²) < 4.78 is 46.8. The van der Waals surface area contributed by atoms with E-state index in [-0.39, 0.29) is 32.3 Å². The molecule has 0 aliphatic carbocycles. The van der Waals surface area contributed by atoms with Gasteiger partial charge < -0.3 is 0 Å². The van der Waals surface area contributed by atoms with Gasteiger partial charge in [-0.3, -0.25) is 29.8 Å². The van der Waals surface area contributed by atoms with Crippen molar-refractivity contribution in [1.82, 2.24) is 4.72 Å². The minimum absolute atomic E-state index is 0.0216. The van der Waals surface area contributed by atoms with Gasteiger partial charge in [0.15, 0.2) is 0 Å². The molecule has 0 atom stereocenters. The highest BCUT2D eigenvalue weighted by atomic mass is 35.5. The Morgan fingerprint density at radius 1 is 0.784 bits per heavy atom.